The van der Waals surface area contributed by atoms with Crippen LogP contribution in [0, 0.1) is 25.5 Å². The third-order valence-corrected chi connectivity index (χ3v) is 4.53. The molecule has 4 nitrogen and oxygen atoms in total. The van der Waals surface area contributed by atoms with E-state index in [2.05, 4.69) is 22.2 Å². The number of halogens is 2. The average Bonchev–Trinajstić information content (AvgIpc) is 2.95. The van der Waals surface area contributed by atoms with Gasteiger partial charge in [-0.3, -0.25) is 0 Å². The topological polar surface area (TPSA) is 41.1 Å². The second-order valence-electron chi connectivity index (χ2n) is 6.37. The summed E-state index contributed by atoms with van der Waals surface area (Å²) in [6.45, 7) is 7.38. The maximum atomic E-state index is 13.9. The Balaban J connectivity index is 1.65. The molecule has 1 aromatic heterocycles. The van der Waals surface area contributed by atoms with Crippen LogP contribution in [0.25, 0.3) is 0 Å². The van der Waals surface area contributed by atoms with Gasteiger partial charge in [-0.05, 0) is 39.3 Å². The Morgan fingerprint density at radius 1 is 1.29 bits per heavy atom. The molecule has 0 bridgehead atoms. The predicted octanol–water partition coefficient (Wildman–Crippen LogP) is 3.30. The molecule has 128 valence electrons. The van der Waals surface area contributed by atoms with Crippen molar-refractivity contribution in [3.63, 3.8) is 0 Å². The first kappa shape index (κ1) is 16.8. The molecule has 0 aliphatic carbocycles. The van der Waals surface area contributed by atoms with Crippen LogP contribution in [0.2, 0.25) is 0 Å². The predicted molar refractivity (Wildman–Crippen MR) is 90.0 cm³/mol. The van der Waals surface area contributed by atoms with Crippen molar-refractivity contribution < 1.29 is 8.78 Å². The monoisotopic (exact) mass is 332 g/mol. The first-order valence-corrected chi connectivity index (χ1v) is 8.20. The molecule has 1 aromatic carbocycles. The molecule has 2 atom stereocenters. The van der Waals surface area contributed by atoms with Gasteiger partial charge in [-0.25, -0.2) is 18.7 Å². The van der Waals surface area contributed by atoms with E-state index in [0.29, 0.717) is 12.2 Å². The molecule has 2 aromatic rings. The molecule has 1 fully saturated rings. The Morgan fingerprint density at radius 3 is 2.79 bits per heavy atom. The van der Waals surface area contributed by atoms with Crippen LogP contribution in [0.5, 0.6) is 0 Å². The molecule has 3 rings (SSSR count). The van der Waals surface area contributed by atoms with E-state index in [-0.39, 0.29) is 12.1 Å². The van der Waals surface area contributed by atoms with E-state index >= 15 is 0 Å². The third-order valence-electron chi connectivity index (χ3n) is 4.53. The van der Waals surface area contributed by atoms with E-state index in [9.17, 15) is 8.78 Å². The van der Waals surface area contributed by atoms with Crippen molar-refractivity contribution in [1.29, 1.82) is 0 Å². The number of nitrogens with one attached hydrogen (secondary N) is 1. The molecule has 1 aliphatic rings. The van der Waals surface area contributed by atoms with Crippen molar-refractivity contribution >= 4 is 5.69 Å². The molecule has 0 saturated carbocycles. The molecule has 2 heterocycles. The lowest BCUT2D eigenvalue weighted by molar-refractivity contribution is 0.477. The van der Waals surface area contributed by atoms with E-state index in [4.69, 9.17) is 0 Å². The van der Waals surface area contributed by atoms with E-state index < -0.39 is 11.6 Å². The zero-order chi connectivity index (χ0) is 17.3. The molecule has 0 spiro atoms. The summed E-state index contributed by atoms with van der Waals surface area (Å²) in [6, 6.07) is 4.10. The van der Waals surface area contributed by atoms with E-state index in [1.54, 1.807) is 0 Å². The van der Waals surface area contributed by atoms with E-state index in [1.807, 2.05) is 24.9 Å². The van der Waals surface area contributed by atoms with Crippen LogP contribution in [0.15, 0.2) is 24.4 Å². The number of aromatic nitrogens is 2. The van der Waals surface area contributed by atoms with Crippen LogP contribution in [0.3, 0.4) is 0 Å². The van der Waals surface area contributed by atoms with Crippen LogP contribution >= 0.6 is 0 Å². The highest BCUT2D eigenvalue weighted by molar-refractivity contribution is 5.49. The van der Waals surface area contributed by atoms with Gasteiger partial charge in [0.2, 0.25) is 0 Å². The summed E-state index contributed by atoms with van der Waals surface area (Å²) < 4.78 is 27.0. The molecule has 0 radical (unpaired) electrons. The molecule has 24 heavy (non-hydrogen) atoms. The summed E-state index contributed by atoms with van der Waals surface area (Å²) >= 11 is 0. The number of nitrogens with zero attached hydrogens (tertiary/aromatic N) is 3. The lowest BCUT2D eigenvalue weighted by Gasteiger charge is -2.22. The summed E-state index contributed by atoms with van der Waals surface area (Å²) in [6.07, 6.45) is 2.77. The van der Waals surface area contributed by atoms with Crippen molar-refractivity contribution in [2.45, 2.75) is 39.3 Å². The third kappa shape index (κ3) is 3.53. The number of rotatable bonds is 4. The Morgan fingerprint density at radius 2 is 2.08 bits per heavy atom. The van der Waals surface area contributed by atoms with Crippen LogP contribution in [0.4, 0.5) is 14.5 Å². The molecular weight excluding hydrogens is 310 g/mol. The first-order chi connectivity index (χ1) is 11.4. The van der Waals surface area contributed by atoms with Gasteiger partial charge in [0, 0.05) is 48.7 Å². The van der Waals surface area contributed by atoms with Gasteiger partial charge in [-0.2, -0.15) is 0 Å². The van der Waals surface area contributed by atoms with Gasteiger partial charge in [-0.1, -0.05) is 0 Å². The van der Waals surface area contributed by atoms with Gasteiger partial charge in [0.05, 0.1) is 5.69 Å². The minimum Gasteiger partial charge on any atom is -0.368 e. The van der Waals surface area contributed by atoms with Gasteiger partial charge >= 0.3 is 0 Å². The number of hydrogen-bond donors (Lipinski definition) is 1. The zero-order valence-electron chi connectivity index (χ0n) is 14.2. The largest absolute Gasteiger partial charge is 0.368 e. The smallest absolute Gasteiger partial charge is 0.149 e. The highest BCUT2D eigenvalue weighted by Crippen LogP contribution is 2.25. The fraction of sp³-hybridized carbons (Fsp3) is 0.444. The molecule has 0 unspecified atom stereocenters. The van der Waals surface area contributed by atoms with Crippen molar-refractivity contribution in [2.75, 3.05) is 18.0 Å². The summed E-state index contributed by atoms with van der Waals surface area (Å²) in [5, 5.41) is 3.57. The minimum atomic E-state index is -0.548. The average molecular weight is 332 g/mol. The Labute approximate surface area is 140 Å². The highest BCUT2D eigenvalue weighted by atomic mass is 19.1. The summed E-state index contributed by atoms with van der Waals surface area (Å²) in [7, 11) is 0. The standard InChI is InChI=1S/C18H22F2N4/c1-11-16(9-21-13(3)22-11)12(2)23-15-6-7-24(10-15)18-5-4-14(19)8-17(18)20/h4-5,8-9,12,15,23H,6-7,10H2,1-3H3/t12-,15+/m0/s1. The number of aryl methyl sites for hydroxylation is 2. The fourth-order valence-corrected chi connectivity index (χ4v) is 3.31. The fourth-order valence-electron chi connectivity index (χ4n) is 3.31. The van der Waals surface area contributed by atoms with Crippen LogP contribution in [0.1, 0.15) is 36.5 Å². The SMILES string of the molecule is Cc1ncc([C@H](C)N[C@@H]2CCN(c3ccc(F)cc3F)C2)c(C)n1. The Bertz CT molecular complexity index is 735. The minimum absolute atomic E-state index is 0.119. The van der Waals surface area contributed by atoms with Crippen molar-refractivity contribution in [2.24, 2.45) is 0 Å². The molecule has 1 aliphatic heterocycles. The second-order valence-corrected chi connectivity index (χ2v) is 6.37. The van der Waals surface area contributed by atoms with Crippen molar-refractivity contribution in [3.8, 4) is 0 Å². The molecule has 6 heteroatoms. The lowest BCUT2D eigenvalue weighted by Crippen LogP contribution is -2.35. The summed E-state index contributed by atoms with van der Waals surface area (Å²) in [5.41, 5.74) is 2.51. The molecule has 0 amide bonds. The zero-order valence-corrected chi connectivity index (χ0v) is 14.2. The Kier molecular flexibility index (Phi) is 4.76. The van der Waals surface area contributed by atoms with Crippen molar-refractivity contribution in [1.82, 2.24) is 15.3 Å². The summed E-state index contributed by atoms with van der Waals surface area (Å²) in [5.74, 6) is -0.289. The van der Waals surface area contributed by atoms with Gasteiger partial charge in [-0.15, -0.1) is 0 Å². The quantitative estimate of drug-likeness (QED) is 0.933. The Hall–Kier alpha value is -2.08. The van der Waals surface area contributed by atoms with Gasteiger partial charge in [0.25, 0.3) is 0 Å². The van der Waals surface area contributed by atoms with Gasteiger partial charge < -0.3 is 10.2 Å². The molecular formula is C18H22F2N4. The van der Waals surface area contributed by atoms with Crippen molar-refractivity contribution in [3.05, 3.63) is 53.1 Å². The van der Waals surface area contributed by atoms with Gasteiger partial charge in [0.1, 0.15) is 17.5 Å². The maximum absolute atomic E-state index is 13.9. The second kappa shape index (κ2) is 6.81. The van der Waals surface area contributed by atoms with Gasteiger partial charge in [0.15, 0.2) is 0 Å². The van der Waals surface area contributed by atoms with Crippen LogP contribution < -0.4 is 10.2 Å². The molecule has 1 saturated heterocycles. The van der Waals surface area contributed by atoms with E-state index in [1.165, 1.54) is 12.1 Å². The number of benzene rings is 1. The normalized spacial score (nSPS) is 18.9. The lowest BCUT2D eigenvalue weighted by atomic mass is 10.1. The molecule has 1 N–H and O–H groups in total. The van der Waals surface area contributed by atoms with Crippen LogP contribution in [-0.2, 0) is 0 Å². The number of hydrogen-bond acceptors (Lipinski definition) is 4. The number of anilines is 1. The maximum Gasteiger partial charge on any atom is 0.149 e. The summed E-state index contributed by atoms with van der Waals surface area (Å²) in [4.78, 5) is 10.6. The van der Waals surface area contributed by atoms with E-state index in [0.717, 1.165) is 36.1 Å². The highest BCUT2D eigenvalue weighted by Gasteiger charge is 2.26. The van der Waals surface area contributed by atoms with Crippen LogP contribution in [-0.4, -0.2) is 29.1 Å². The first-order valence-electron chi connectivity index (χ1n) is 8.20.